The molecule has 0 saturated heterocycles. The minimum atomic E-state index is -0.602. The van der Waals surface area contributed by atoms with E-state index in [1.165, 1.54) is 4.90 Å². The lowest BCUT2D eigenvalue weighted by atomic mass is 10.2. The van der Waals surface area contributed by atoms with Gasteiger partial charge in [0.15, 0.2) is 0 Å². The predicted molar refractivity (Wildman–Crippen MR) is 68.4 cm³/mol. The lowest BCUT2D eigenvalue weighted by molar-refractivity contribution is 0.0774. The molecule has 0 radical (unpaired) electrons. The predicted octanol–water partition coefficient (Wildman–Crippen LogP) is 3.05. The Morgan fingerprint density at radius 1 is 1.53 bits per heavy atom. The number of halogens is 2. The van der Waals surface area contributed by atoms with E-state index in [2.05, 4.69) is 4.98 Å². The number of pyridine rings is 1. The van der Waals surface area contributed by atoms with Crippen molar-refractivity contribution in [2.24, 2.45) is 0 Å². The normalized spacial score (nSPS) is 10.5. The summed E-state index contributed by atoms with van der Waals surface area (Å²) in [6, 6.07) is 4.66. The van der Waals surface area contributed by atoms with Gasteiger partial charge < -0.3 is 9.32 Å². The Balaban J connectivity index is 2.16. The molecule has 0 spiro atoms. The van der Waals surface area contributed by atoms with Crippen LogP contribution in [0.1, 0.15) is 21.9 Å². The van der Waals surface area contributed by atoms with Crippen molar-refractivity contribution in [3.63, 3.8) is 0 Å². The number of hydrogen-bond acceptors (Lipinski definition) is 3. The van der Waals surface area contributed by atoms with Gasteiger partial charge in [-0.3, -0.25) is 4.79 Å². The molecule has 2 rings (SSSR count). The van der Waals surface area contributed by atoms with E-state index in [0.717, 1.165) is 18.0 Å². The van der Waals surface area contributed by atoms with Gasteiger partial charge in [-0.25, -0.2) is 9.37 Å². The van der Waals surface area contributed by atoms with Crippen LogP contribution in [-0.2, 0) is 6.54 Å². The topological polar surface area (TPSA) is 46.3 Å². The first-order valence-corrected chi connectivity index (χ1v) is 5.97. The molecule has 4 nitrogen and oxygen atoms in total. The van der Waals surface area contributed by atoms with Gasteiger partial charge in [-0.1, -0.05) is 11.6 Å². The molecule has 0 aromatic carbocycles. The van der Waals surface area contributed by atoms with Gasteiger partial charge in [-0.05, 0) is 25.1 Å². The highest BCUT2D eigenvalue weighted by Gasteiger charge is 2.18. The second-order valence-electron chi connectivity index (χ2n) is 4.17. The van der Waals surface area contributed by atoms with Gasteiger partial charge in [-0.15, -0.1) is 0 Å². The number of amides is 1. The standard InChI is InChI=1S/C13H12ClFN2O2/c1-8-3-4-10(19-8)7-17(2)13(18)11-5-9(15)6-16-12(11)14/h3-6H,7H2,1-2H3. The van der Waals surface area contributed by atoms with Crippen molar-refractivity contribution in [3.05, 3.63) is 52.5 Å². The van der Waals surface area contributed by atoms with Crippen LogP contribution in [0.4, 0.5) is 4.39 Å². The SMILES string of the molecule is Cc1ccc(CN(C)C(=O)c2cc(F)cnc2Cl)o1. The van der Waals surface area contributed by atoms with E-state index in [1.54, 1.807) is 13.1 Å². The first-order valence-electron chi connectivity index (χ1n) is 5.59. The third-order valence-corrected chi connectivity index (χ3v) is 2.87. The molecule has 6 heteroatoms. The van der Waals surface area contributed by atoms with Gasteiger partial charge >= 0.3 is 0 Å². The maximum Gasteiger partial charge on any atom is 0.257 e. The number of hydrogen-bond donors (Lipinski definition) is 0. The summed E-state index contributed by atoms with van der Waals surface area (Å²) < 4.78 is 18.5. The Morgan fingerprint density at radius 2 is 2.26 bits per heavy atom. The molecule has 0 aliphatic carbocycles. The van der Waals surface area contributed by atoms with E-state index >= 15 is 0 Å². The van der Waals surface area contributed by atoms with E-state index in [-0.39, 0.29) is 17.3 Å². The highest BCUT2D eigenvalue weighted by atomic mass is 35.5. The Bertz CT molecular complexity index is 612. The van der Waals surface area contributed by atoms with Crippen LogP contribution < -0.4 is 0 Å². The highest BCUT2D eigenvalue weighted by Crippen LogP contribution is 2.17. The summed E-state index contributed by atoms with van der Waals surface area (Å²) in [7, 11) is 1.58. The molecule has 0 saturated carbocycles. The van der Waals surface area contributed by atoms with Crippen LogP contribution in [0.15, 0.2) is 28.8 Å². The molecule has 2 heterocycles. The second-order valence-corrected chi connectivity index (χ2v) is 4.52. The lowest BCUT2D eigenvalue weighted by Gasteiger charge is -2.16. The third kappa shape index (κ3) is 3.12. The van der Waals surface area contributed by atoms with Crippen LogP contribution in [0.5, 0.6) is 0 Å². The molecule has 1 amide bonds. The summed E-state index contributed by atoms with van der Waals surface area (Å²) in [4.78, 5) is 17.1. The van der Waals surface area contributed by atoms with Crippen molar-refractivity contribution in [3.8, 4) is 0 Å². The number of carbonyl (C=O) groups excluding carboxylic acids is 1. The fourth-order valence-corrected chi connectivity index (χ4v) is 1.84. The number of aryl methyl sites for hydroxylation is 1. The van der Waals surface area contributed by atoms with Crippen molar-refractivity contribution < 1.29 is 13.6 Å². The molecule has 0 N–H and O–H groups in total. The minimum Gasteiger partial charge on any atom is -0.464 e. The first-order chi connectivity index (χ1) is 8.97. The van der Waals surface area contributed by atoms with Crippen LogP contribution in [0.25, 0.3) is 0 Å². The van der Waals surface area contributed by atoms with Crippen LogP contribution in [-0.4, -0.2) is 22.8 Å². The van der Waals surface area contributed by atoms with Crippen LogP contribution in [0.2, 0.25) is 5.15 Å². The van der Waals surface area contributed by atoms with Gasteiger partial charge in [0.05, 0.1) is 18.3 Å². The molecular weight excluding hydrogens is 271 g/mol. The summed E-state index contributed by atoms with van der Waals surface area (Å²) in [5.74, 6) is 0.399. The quantitative estimate of drug-likeness (QED) is 0.813. The molecule has 0 atom stereocenters. The molecule has 0 bridgehead atoms. The summed E-state index contributed by atoms with van der Waals surface area (Å²) >= 11 is 5.79. The van der Waals surface area contributed by atoms with E-state index in [4.69, 9.17) is 16.0 Å². The van der Waals surface area contributed by atoms with Gasteiger partial charge in [0.2, 0.25) is 0 Å². The van der Waals surface area contributed by atoms with Gasteiger partial charge in [0.1, 0.15) is 22.5 Å². The average Bonchev–Trinajstić information content (AvgIpc) is 2.77. The Labute approximate surface area is 114 Å². The zero-order valence-electron chi connectivity index (χ0n) is 10.5. The highest BCUT2D eigenvalue weighted by molar-refractivity contribution is 6.32. The summed E-state index contributed by atoms with van der Waals surface area (Å²) in [6.07, 6.45) is 0.967. The number of aromatic nitrogens is 1. The summed E-state index contributed by atoms with van der Waals surface area (Å²) in [5, 5.41) is -0.0196. The third-order valence-electron chi connectivity index (χ3n) is 2.57. The van der Waals surface area contributed by atoms with Crippen molar-refractivity contribution in [2.75, 3.05) is 7.05 Å². The van der Waals surface area contributed by atoms with Gasteiger partial charge in [0.25, 0.3) is 5.91 Å². The molecular formula is C13H12ClFN2O2. The van der Waals surface area contributed by atoms with Gasteiger partial charge in [-0.2, -0.15) is 0 Å². The van der Waals surface area contributed by atoms with Crippen LogP contribution >= 0.6 is 11.6 Å². The van der Waals surface area contributed by atoms with E-state index in [1.807, 2.05) is 13.0 Å². The van der Waals surface area contributed by atoms with E-state index in [0.29, 0.717) is 5.76 Å². The van der Waals surface area contributed by atoms with Crippen molar-refractivity contribution in [1.29, 1.82) is 0 Å². The Morgan fingerprint density at radius 3 is 2.89 bits per heavy atom. The number of rotatable bonds is 3. The van der Waals surface area contributed by atoms with Crippen LogP contribution in [0, 0.1) is 12.7 Å². The van der Waals surface area contributed by atoms with Crippen molar-refractivity contribution in [2.45, 2.75) is 13.5 Å². The zero-order valence-corrected chi connectivity index (χ0v) is 11.2. The Hall–Kier alpha value is -1.88. The molecule has 2 aromatic heterocycles. The number of carbonyl (C=O) groups is 1. The van der Waals surface area contributed by atoms with Crippen LogP contribution in [0.3, 0.4) is 0 Å². The van der Waals surface area contributed by atoms with E-state index < -0.39 is 11.7 Å². The molecule has 0 aliphatic heterocycles. The number of nitrogens with zero attached hydrogens (tertiary/aromatic N) is 2. The average molecular weight is 283 g/mol. The second kappa shape index (κ2) is 5.40. The van der Waals surface area contributed by atoms with Crippen molar-refractivity contribution in [1.82, 2.24) is 9.88 Å². The first kappa shape index (κ1) is 13.5. The van der Waals surface area contributed by atoms with E-state index in [9.17, 15) is 9.18 Å². The monoisotopic (exact) mass is 282 g/mol. The molecule has 2 aromatic rings. The molecule has 0 unspecified atom stereocenters. The molecule has 100 valence electrons. The lowest BCUT2D eigenvalue weighted by Crippen LogP contribution is -2.26. The van der Waals surface area contributed by atoms with Gasteiger partial charge in [0, 0.05) is 7.05 Å². The maximum absolute atomic E-state index is 13.1. The molecule has 0 aliphatic rings. The maximum atomic E-state index is 13.1. The number of furan rings is 1. The minimum absolute atomic E-state index is 0.0196. The smallest absolute Gasteiger partial charge is 0.257 e. The van der Waals surface area contributed by atoms with Crippen molar-refractivity contribution >= 4 is 17.5 Å². The molecule has 19 heavy (non-hydrogen) atoms. The fraction of sp³-hybridized carbons (Fsp3) is 0.231. The zero-order chi connectivity index (χ0) is 14.0. The summed E-state index contributed by atoms with van der Waals surface area (Å²) in [5.41, 5.74) is 0.0347. The fourth-order valence-electron chi connectivity index (χ4n) is 1.65. The summed E-state index contributed by atoms with van der Waals surface area (Å²) in [6.45, 7) is 2.10. The Kier molecular flexibility index (Phi) is 3.85. The largest absolute Gasteiger partial charge is 0.464 e. The molecule has 0 fully saturated rings.